The second kappa shape index (κ2) is 8.34. The summed E-state index contributed by atoms with van der Waals surface area (Å²) in [6.45, 7) is 6.08. The Morgan fingerprint density at radius 1 is 1.40 bits per heavy atom. The summed E-state index contributed by atoms with van der Waals surface area (Å²) in [5.74, 6) is 5.63. The molecule has 0 radical (unpaired) electrons. The van der Waals surface area contributed by atoms with E-state index >= 15 is 0 Å². The molecule has 4 heteroatoms. The molecule has 0 aliphatic carbocycles. The lowest BCUT2D eigenvalue weighted by atomic mass is 9.95. The van der Waals surface area contributed by atoms with E-state index in [1.807, 2.05) is 6.92 Å². The Morgan fingerprint density at radius 3 is 2.70 bits per heavy atom. The van der Waals surface area contributed by atoms with Gasteiger partial charge in [-0.15, -0.1) is 0 Å². The zero-order chi connectivity index (χ0) is 15.0. The Hall–Kier alpha value is -1.86. The maximum absolute atomic E-state index is 12.2. The van der Waals surface area contributed by atoms with Crippen molar-refractivity contribution in [3.05, 3.63) is 29.6 Å². The van der Waals surface area contributed by atoms with E-state index < -0.39 is 0 Å². The average molecular weight is 274 g/mol. The van der Waals surface area contributed by atoms with Crippen LogP contribution in [0.3, 0.4) is 0 Å². The number of pyridine rings is 1. The zero-order valence-electron chi connectivity index (χ0n) is 12.3. The molecule has 0 aliphatic heterocycles. The van der Waals surface area contributed by atoms with Crippen LogP contribution in [-0.4, -0.2) is 28.6 Å². The standard InChI is InChI=1S/C16H22N2O2/c1-4-14(5-2)12(3)18-16(20)15-9-13(7-6-8-19)10-17-11-15/h9-12,14,19H,4-5,8H2,1-3H3,(H,18,20). The van der Waals surface area contributed by atoms with E-state index in [0.29, 0.717) is 17.0 Å². The van der Waals surface area contributed by atoms with Crippen molar-refractivity contribution >= 4 is 5.91 Å². The molecule has 1 aromatic rings. The summed E-state index contributed by atoms with van der Waals surface area (Å²) in [5.41, 5.74) is 1.12. The van der Waals surface area contributed by atoms with E-state index in [0.717, 1.165) is 12.8 Å². The van der Waals surface area contributed by atoms with Crippen molar-refractivity contribution in [2.24, 2.45) is 5.92 Å². The Balaban J connectivity index is 2.77. The van der Waals surface area contributed by atoms with E-state index in [-0.39, 0.29) is 18.6 Å². The number of amides is 1. The molecule has 20 heavy (non-hydrogen) atoms. The van der Waals surface area contributed by atoms with Gasteiger partial charge in [-0.3, -0.25) is 9.78 Å². The summed E-state index contributed by atoms with van der Waals surface area (Å²) >= 11 is 0. The molecule has 0 aliphatic rings. The predicted octanol–water partition coefficient (Wildman–Crippen LogP) is 1.98. The van der Waals surface area contributed by atoms with Gasteiger partial charge in [0.25, 0.3) is 5.91 Å². The third kappa shape index (κ3) is 4.67. The number of nitrogens with zero attached hydrogens (tertiary/aromatic N) is 1. The predicted molar refractivity (Wildman–Crippen MR) is 79.2 cm³/mol. The van der Waals surface area contributed by atoms with Crippen molar-refractivity contribution in [1.82, 2.24) is 10.3 Å². The molecule has 2 N–H and O–H groups in total. The van der Waals surface area contributed by atoms with Gasteiger partial charge in [0.05, 0.1) is 5.56 Å². The minimum atomic E-state index is -0.206. The highest BCUT2D eigenvalue weighted by Gasteiger charge is 2.16. The second-order valence-electron chi connectivity index (χ2n) is 4.76. The Bertz CT molecular complexity index is 499. The molecular weight excluding hydrogens is 252 g/mol. The van der Waals surface area contributed by atoms with Crippen LogP contribution in [0.1, 0.15) is 49.5 Å². The van der Waals surface area contributed by atoms with E-state index in [4.69, 9.17) is 5.11 Å². The molecule has 0 spiro atoms. The first-order chi connectivity index (χ1) is 9.62. The molecule has 1 unspecified atom stereocenters. The second-order valence-corrected chi connectivity index (χ2v) is 4.76. The van der Waals surface area contributed by atoms with Gasteiger partial charge in [0, 0.05) is 24.0 Å². The number of hydrogen-bond donors (Lipinski definition) is 2. The van der Waals surface area contributed by atoms with Gasteiger partial charge in [-0.1, -0.05) is 38.5 Å². The number of carbonyl (C=O) groups excluding carboxylic acids is 1. The molecule has 0 saturated carbocycles. The monoisotopic (exact) mass is 274 g/mol. The van der Waals surface area contributed by atoms with Crippen LogP contribution in [0.25, 0.3) is 0 Å². The molecule has 0 bridgehead atoms. The average Bonchev–Trinajstić information content (AvgIpc) is 2.46. The summed E-state index contributed by atoms with van der Waals surface area (Å²) in [4.78, 5) is 16.2. The van der Waals surface area contributed by atoms with Crippen LogP contribution in [0.4, 0.5) is 0 Å². The van der Waals surface area contributed by atoms with Crippen LogP contribution in [-0.2, 0) is 0 Å². The Labute approximate surface area is 120 Å². The van der Waals surface area contributed by atoms with Gasteiger partial charge in [0.15, 0.2) is 0 Å². The highest BCUT2D eigenvalue weighted by Crippen LogP contribution is 2.13. The fraction of sp³-hybridized carbons (Fsp3) is 0.500. The van der Waals surface area contributed by atoms with Gasteiger partial charge >= 0.3 is 0 Å². The van der Waals surface area contributed by atoms with Crippen molar-refractivity contribution < 1.29 is 9.90 Å². The van der Waals surface area contributed by atoms with Crippen LogP contribution < -0.4 is 5.32 Å². The van der Waals surface area contributed by atoms with Crippen LogP contribution in [0, 0.1) is 17.8 Å². The molecule has 1 rings (SSSR count). The first-order valence-corrected chi connectivity index (χ1v) is 6.98. The first kappa shape index (κ1) is 16.2. The van der Waals surface area contributed by atoms with Gasteiger partial charge in [0.2, 0.25) is 0 Å². The van der Waals surface area contributed by atoms with E-state index in [2.05, 4.69) is 36.0 Å². The van der Waals surface area contributed by atoms with Gasteiger partial charge in [-0.05, 0) is 18.9 Å². The van der Waals surface area contributed by atoms with Crippen molar-refractivity contribution in [1.29, 1.82) is 0 Å². The molecule has 0 saturated heterocycles. The third-order valence-corrected chi connectivity index (χ3v) is 3.43. The largest absolute Gasteiger partial charge is 0.384 e. The lowest BCUT2D eigenvalue weighted by Gasteiger charge is -2.22. The summed E-state index contributed by atoms with van der Waals surface area (Å²) in [7, 11) is 0. The number of aliphatic hydroxyl groups excluding tert-OH is 1. The van der Waals surface area contributed by atoms with E-state index in [1.165, 1.54) is 6.20 Å². The van der Waals surface area contributed by atoms with Crippen LogP contribution in [0.5, 0.6) is 0 Å². The van der Waals surface area contributed by atoms with Gasteiger partial charge in [-0.25, -0.2) is 0 Å². The van der Waals surface area contributed by atoms with Crippen LogP contribution in [0.2, 0.25) is 0 Å². The zero-order valence-corrected chi connectivity index (χ0v) is 12.3. The Kier molecular flexibility index (Phi) is 6.75. The lowest BCUT2D eigenvalue weighted by Crippen LogP contribution is -2.37. The molecule has 0 fully saturated rings. The normalized spacial score (nSPS) is 11.7. The lowest BCUT2D eigenvalue weighted by molar-refractivity contribution is 0.0925. The summed E-state index contributed by atoms with van der Waals surface area (Å²) < 4.78 is 0. The van der Waals surface area contributed by atoms with E-state index in [9.17, 15) is 4.79 Å². The van der Waals surface area contributed by atoms with Crippen LogP contribution in [0.15, 0.2) is 18.5 Å². The third-order valence-electron chi connectivity index (χ3n) is 3.43. The summed E-state index contributed by atoms with van der Waals surface area (Å²) in [5, 5.41) is 11.7. The maximum atomic E-state index is 12.2. The van der Waals surface area contributed by atoms with E-state index in [1.54, 1.807) is 12.3 Å². The van der Waals surface area contributed by atoms with Crippen molar-refractivity contribution in [3.63, 3.8) is 0 Å². The number of carbonyl (C=O) groups is 1. The van der Waals surface area contributed by atoms with Crippen molar-refractivity contribution in [3.8, 4) is 11.8 Å². The quantitative estimate of drug-likeness (QED) is 0.807. The fourth-order valence-corrected chi connectivity index (χ4v) is 2.18. The molecule has 4 nitrogen and oxygen atoms in total. The number of aromatic nitrogens is 1. The number of aliphatic hydroxyl groups is 1. The molecule has 108 valence electrons. The van der Waals surface area contributed by atoms with Gasteiger partial charge in [0.1, 0.15) is 6.61 Å². The highest BCUT2D eigenvalue weighted by atomic mass is 16.2. The maximum Gasteiger partial charge on any atom is 0.253 e. The molecular formula is C16H22N2O2. The molecule has 0 aromatic carbocycles. The Morgan fingerprint density at radius 2 is 2.10 bits per heavy atom. The highest BCUT2D eigenvalue weighted by molar-refractivity contribution is 5.94. The van der Waals surface area contributed by atoms with Crippen LogP contribution >= 0.6 is 0 Å². The molecule has 1 amide bonds. The van der Waals surface area contributed by atoms with Gasteiger partial charge in [-0.2, -0.15) is 0 Å². The SMILES string of the molecule is CCC(CC)C(C)NC(=O)c1cncc(C#CCO)c1. The minimum absolute atomic E-state index is 0.129. The first-order valence-electron chi connectivity index (χ1n) is 6.98. The van der Waals surface area contributed by atoms with Crippen molar-refractivity contribution in [2.75, 3.05) is 6.61 Å². The minimum Gasteiger partial charge on any atom is -0.384 e. The smallest absolute Gasteiger partial charge is 0.253 e. The van der Waals surface area contributed by atoms with Crippen molar-refractivity contribution in [2.45, 2.75) is 39.7 Å². The number of nitrogens with one attached hydrogen (secondary N) is 1. The number of hydrogen-bond acceptors (Lipinski definition) is 3. The topological polar surface area (TPSA) is 62.2 Å². The summed E-state index contributed by atoms with van der Waals surface area (Å²) in [6.07, 6.45) is 5.18. The summed E-state index contributed by atoms with van der Waals surface area (Å²) in [6, 6.07) is 1.81. The molecule has 1 atom stereocenters. The fourth-order valence-electron chi connectivity index (χ4n) is 2.18. The van der Waals surface area contributed by atoms with Gasteiger partial charge < -0.3 is 10.4 Å². The molecule has 1 aromatic heterocycles. The number of rotatable bonds is 5. The molecule has 1 heterocycles.